The zero-order chi connectivity index (χ0) is 27.2. The molecular formula is C28H28Cl2IN3O4. The molecule has 0 aliphatic carbocycles. The molecule has 1 heterocycles. The lowest BCUT2D eigenvalue weighted by atomic mass is 10.00. The number of nitrogens with two attached hydrogens (primary N) is 1. The van der Waals surface area contributed by atoms with Crippen molar-refractivity contribution in [2.24, 2.45) is 0 Å². The van der Waals surface area contributed by atoms with E-state index in [4.69, 9.17) is 38.4 Å². The summed E-state index contributed by atoms with van der Waals surface area (Å²) in [7, 11) is 1.62. The van der Waals surface area contributed by atoms with Crippen LogP contribution in [-0.2, 0) is 27.1 Å². The molecular weight excluding hydrogens is 640 g/mol. The molecule has 0 saturated carbocycles. The molecule has 1 aliphatic rings. The van der Waals surface area contributed by atoms with Crippen LogP contribution in [0.1, 0.15) is 33.1 Å². The minimum Gasteiger partial charge on any atom is -0.398 e. The minimum atomic E-state index is -0.857. The first-order chi connectivity index (χ1) is 18.3. The fraction of sp³-hybridized carbons (Fsp3) is 0.286. The summed E-state index contributed by atoms with van der Waals surface area (Å²) in [5.74, 6) is -0.539. The van der Waals surface area contributed by atoms with Gasteiger partial charge in [-0.1, -0.05) is 41.4 Å². The van der Waals surface area contributed by atoms with E-state index in [2.05, 4.69) is 27.9 Å². The van der Waals surface area contributed by atoms with E-state index in [9.17, 15) is 9.59 Å². The molecule has 0 bridgehead atoms. The van der Waals surface area contributed by atoms with Gasteiger partial charge < -0.3 is 25.4 Å². The molecule has 0 radical (unpaired) electrons. The van der Waals surface area contributed by atoms with E-state index in [0.717, 1.165) is 14.7 Å². The molecule has 0 aromatic heterocycles. The Labute approximate surface area is 245 Å². The third kappa shape index (κ3) is 6.60. The predicted molar refractivity (Wildman–Crippen MR) is 159 cm³/mol. The van der Waals surface area contributed by atoms with Crippen LogP contribution in [0.2, 0.25) is 10.0 Å². The highest BCUT2D eigenvalue weighted by atomic mass is 127. The summed E-state index contributed by atoms with van der Waals surface area (Å²) in [6.45, 7) is 1.63. The number of carbonyl (C=O) groups excluding carboxylic acids is 2. The van der Waals surface area contributed by atoms with Gasteiger partial charge in [0.25, 0.3) is 11.8 Å². The van der Waals surface area contributed by atoms with Gasteiger partial charge in [-0.05, 0) is 88.5 Å². The Morgan fingerprint density at radius 3 is 2.42 bits per heavy atom. The van der Waals surface area contributed by atoms with Crippen LogP contribution < -0.4 is 11.1 Å². The lowest BCUT2D eigenvalue weighted by Gasteiger charge is -2.30. The maximum atomic E-state index is 14.3. The van der Waals surface area contributed by atoms with Crippen molar-refractivity contribution in [3.05, 3.63) is 90.5 Å². The Morgan fingerprint density at radius 2 is 1.71 bits per heavy atom. The van der Waals surface area contributed by atoms with E-state index >= 15 is 0 Å². The number of amides is 2. The van der Waals surface area contributed by atoms with E-state index in [1.165, 1.54) is 0 Å². The zero-order valence-corrected chi connectivity index (χ0v) is 24.5. The Hall–Kier alpha value is -2.37. The number of rotatable bonds is 10. The first-order valence-corrected chi connectivity index (χ1v) is 13.9. The van der Waals surface area contributed by atoms with Gasteiger partial charge in [0.05, 0.1) is 31.1 Å². The molecule has 2 amide bonds. The predicted octanol–water partition coefficient (Wildman–Crippen LogP) is 5.76. The average Bonchev–Trinajstić information content (AvgIpc) is 2.99. The second kappa shape index (κ2) is 13.1. The van der Waals surface area contributed by atoms with Crippen LogP contribution in [0.4, 0.5) is 11.4 Å². The van der Waals surface area contributed by atoms with Crippen LogP contribution in [0, 0.1) is 3.57 Å². The molecule has 0 fully saturated rings. The van der Waals surface area contributed by atoms with Crippen molar-refractivity contribution in [1.82, 2.24) is 4.90 Å². The van der Waals surface area contributed by atoms with Crippen LogP contribution >= 0.6 is 45.8 Å². The van der Waals surface area contributed by atoms with Crippen molar-refractivity contribution in [2.45, 2.75) is 18.9 Å². The summed E-state index contributed by atoms with van der Waals surface area (Å²) >= 11 is 14.4. The number of nitrogens with zero attached hydrogens (tertiary/aromatic N) is 1. The highest BCUT2D eigenvalue weighted by molar-refractivity contribution is 14.1. The largest absolute Gasteiger partial charge is 0.398 e. The maximum absolute atomic E-state index is 14.3. The standard InChI is InChI=1S/C28H28Cl2IN3O4/c1-37-14-15-38-13-11-21-22(31)8-9-24-25(21)28(36)34(12-10-17-2-7-20(30)16-23(17)32)26(27(35)33-24)18-3-5-19(29)6-4-18/h2-9,16,26H,10-15,32H2,1H3,(H,33,35)/t26-/m1/s1. The quantitative estimate of drug-likeness (QED) is 0.163. The monoisotopic (exact) mass is 667 g/mol. The summed E-state index contributed by atoms with van der Waals surface area (Å²) in [6, 6.07) is 15.1. The van der Waals surface area contributed by atoms with Crippen molar-refractivity contribution in [1.29, 1.82) is 0 Å². The molecule has 38 heavy (non-hydrogen) atoms. The Bertz CT molecular complexity index is 1320. The number of carbonyl (C=O) groups is 2. The Balaban J connectivity index is 1.73. The second-order valence-corrected chi connectivity index (χ2v) is 10.9. The number of hydrogen-bond acceptors (Lipinski definition) is 5. The van der Waals surface area contributed by atoms with Crippen molar-refractivity contribution in [3.63, 3.8) is 0 Å². The summed E-state index contributed by atoms with van der Waals surface area (Å²) in [6.07, 6.45) is 0.956. The first-order valence-electron chi connectivity index (χ1n) is 12.1. The van der Waals surface area contributed by atoms with E-state index in [-0.39, 0.29) is 18.4 Å². The van der Waals surface area contributed by atoms with Gasteiger partial charge in [0.1, 0.15) is 6.04 Å². The van der Waals surface area contributed by atoms with E-state index in [0.29, 0.717) is 65.2 Å². The van der Waals surface area contributed by atoms with Gasteiger partial charge in [-0.3, -0.25) is 9.59 Å². The number of anilines is 2. The Kier molecular flexibility index (Phi) is 9.89. The number of nitrogens with one attached hydrogen (secondary N) is 1. The van der Waals surface area contributed by atoms with Crippen molar-refractivity contribution in [2.75, 3.05) is 44.5 Å². The van der Waals surface area contributed by atoms with Gasteiger partial charge in [0.15, 0.2) is 0 Å². The van der Waals surface area contributed by atoms with Gasteiger partial charge in [-0.25, -0.2) is 0 Å². The maximum Gasteiger partial charge on any atom is 0.257 e. The van der Waals surface area contributed by atoms with Gasteiger partial charge in [-0.2, -0.15) is 0 Å². The Morgan fingerprint density at radius 1 is 0.974 bits per heavy atom. The number of methoxy groups -OCH3 is 1. The third-order valence-electron chi connectivity index (χ3n) is 6.39. The zero-order valence-electron chi connectivity index (χ0n) is 20.8. The number of nitrogen functional groups attached to an aromatic ring is 1. The number of halogens is 3. The summed E-state index contributed by atoms with van der Waals surface area (Å²) < 4.78 is 11.7. The topological polar surface area (TPSA) is 93.9 Å². The fourth-order valence-electron chi connectivity index (χ4n) is 4.48. The number of hydrogen-bond donors (Lipinski definition) is 2. The van der Waals surface area contributed by atoms with Gasteiger partial charge in [0.2, 0.25) is 0 Å². The number of fused-ring (bicyclic) bond motifs is 1. The van der Waals surface area contributed by atoms with E-state index in [1.54, 1.807) is 54.5 Å². The van der Waals surface area contributed by atoms with Crippen molar-refractivity contribution < 1.29 is 19.1 Å². The molecule has 10 heteroatoms. The average molecular weight is 668 g/mol. The van der Waals surface area contributed by atoms with Crippen LogP contribution in [0.3, 0.4) is 0 Å². The molecule has 200 valence electrons. The lowest BCUT2D eigenvalue weighted by molar-refractivity contribution is -0.120. The molecule has 7 nitrogen and oxygen atoms in total. The van der Waals surface area contributed by atoms with Gasteiger partial charge in [0, 0.05) is 33.0 Å². The SMILES string of the molecule is COCCOCCc1c(I)ccc2c1C(=O)N(CCc1ccc(Cl)cc1N)[C@H](c1ccc(Cl)cc1)C(=O)N2. The molecule has 0 saturated heterocycles. The van der Waals surface area contributed by atoms with Gasteiger partial charge in [-0.15, -0.1) is 0 Å². The molecule has 3 aromatic rings. The van der Waals surface area contributed by atoms with E-state index in [1.807, 2.05) is 12.1 Å². The lowest BCUT2D eigenvalue weighted by Crippen LogP contribution is -2.40. The molecule has 1 aliphatic heterocycles. The highest BCUT2D eigenvalue weighted by Crippen LogP contribution is 2.35. The summed E-state index contributed by atoms with van der Waals surface area (Å²) in [5, 5.41) is 4.08. The minimum absolute atomic E-state index is 0.240. The molecule has 1 atom stereocenters. The summed E-state index contributed by atoms with van der Waals surface area (Å²) in [4.78, 5) is 29.6. The summed E-state index contributed by atoms with van der Waals surface area (Å²) in [5.41, 5.74) is 10.0. The van der Waals surface area contributed by atoms with Crippen LogP contribution in [-0.4, -0.2) is 50.2 Å². The molecule has 0 spiro atoms. The molecule has 4 rings (SSSR count). The second-order valence-electron chi connectivity index (χ2n) is 8.84. The first kappa shape index (κ1) is 28.6. The smallest absolute Gasteiger partial charge is 0.257 e. The number of ether oxygens (including phenoxy) is 2. The van der Waals surface area contributed by atoms with Crippen LogP contribution in [0.15, 0.2) is 54.6 Å². The van der Waals surface area contributed by atoms with Crippen molar-refractivity contribution >= 4 is 69.0 Å². The number of benzene rings is 3. The third-order valence-corrected chi connectivity index (χ3v) is 7.89. The normalized spacial score (nSPS) is 15.3. The molecule has 3 aromatic carbocycles. The fourth-order valence-corrected chi connectivity index (χ4v) is 5.50. The van der Waals surface area contributed by atoms with Crippen molar-refractivity contribution in [3.8, 4) is 0 Å². The van der Waals surface area contributed by atoms with E-state index < -0.39 is 6.04 Å². The van der Waals surface area contributed by atoms with Crippen LogP contribution in [0.5, 0.6) is 0 Å². The van der Waals surface area contributed by atoms with Gasteiger partial charge >= 0.3 is 0 Å². The molecule has 3 N–H and O–H groups in total. The van der Waals surface area contributed by atoms with Crippen LogP contribution in [0.25, 0.3) is 0 Å². The highest BCUT2D eigenvalue weighted by Gasteiger charge is 2.38. The molecule has 0 unspecified atom stereocenters.